The first-order chi connectivity index (χ1) is 9.78. The number of rotatable bonds is 5. The first-order valence-electron chi connectivity index (χ1n) is 6.75. The molecule has 0 amide bonds. The van der Waals surface area contributed by atoms with Crippen molar-refractivity contribution in [3.8, 4) is 0 Å². The van der Waals surface area contributed by atoms with E-state index in [0.29, 0.717) is 6.54 Å². The third kappa shape index (κ3) is 6.43. The predicted octanol–water partition coefficient (Wildman–Crippen LogP) is 3.32. The average molecular weight is 416 g/mol. The van der Waals surface area contributed by atoms with E-state index in [1.54, 1.807) is 11.3 Å². The maximum Gasteiger partial charge on any atom is 0.191 e. The molecule has 0 aromatic carbocycles. The van der Waals surface area contributed by atoms with E-state index in [2.05, 4.69) is 45.0 Å². The van der Waals surface area contributed by atoms with Crippen LogP contribution >= 0.6 is 35.3 Å². The normalized spacial score (nSPS) is 10.9. The first kappa shape index (κ1) is 17.9. The van der Waals surface area contributed by atoms with Crippen LogP contribution in [0.15, 0.2) is 40.7 Å². The van der Waals surface area contributed by atoms with Crippen molar-refractivity contribution in [2.24, 2.45) is 4.99 Å². The molecule has 2 heterocycles. The second kappa shape index (κ2) is 9.73. The number of thiophene rings is 1. The van der Waals surface area contributed by atoms with E-state index in [1.165, 1.54) is 4.88 Å². The zero-order valence-electron chi connectivity index (χ0n) is 12.3. The van der Waals surface area contributed by atoms with E-state index in [0.717, 1.165) is 30.4 Å². The van der Waals surface area contributed by atoms with E-state index in [-0.39, 0.29) is 24.0 Å². The summed E-state index contributed by atoms with van der Waals surface area (Å²) in [7, 11) is 0. The number of aliphatic imine (C=N–C) groups is 1. The van der Waals surface area contributed by atoms with Gasteiger partial charge in [-0.3, -0.25) is 4.98 Å². The fourth-order valence-electron chi connectivity index (χ4n) is 1.77. The third-order valence-electron chi connectivity index (χ3n) is 2.70. The molecule has 0 saturated heterocycles. The monoisotopic (exact) mass is 416 g/mol. The summed E-state index contributed by atoms with van der Waals surface area (Å²) >= 11 is 1.74. The molecule has 2 rings (SSSR count). The summed E-state index contributed by atoms with van der Waals surface area (Å²) in [6, 6.07) is 10.2. The number of guanidine groups is 1. The van der Waals surface area contributed by atoms with Gasteiger partial charge >= 0.3 is 0 Å². The van der Waals surface area contributed by atoms with Gasteiger partial charge in [-0.05, 0) is 37.4 Å². The summed E-state index contributed by atoms with van der Waals surface area (Å²) in [5, 5.41) is 8.66. The summed E-state index contributed by atoms with van der Waals surface area (Å²) in [6.07, 6.45) is 0. The number of pyridine rings is 1. The van der Waals surface area contributed by atoms with Gasteiger partial charge in [0.05, 0.1) is 18.8 Å². The zero-order chi connectivity index (χ0) is 14.2. The Morgan fingerprint density at radius 3 is 2.76 bits per heavy atom. The summed E-state index contributed by atoms with van der Waals surface area (Å²) in [4.78, 5) is 10.3. The number of nitrogens with zero attached hydrogens (tertiary/aromatic N) is 2. The summed E-state index contributed by atoms with van der Waals surface area (Å²) in [5.74, 6) is 0.823. The Morgan fingerprint density at radius 1 is 1.24 bits per heavy atom. The standard InChI is InChI=1S/C15H20N4S.HI/c1-3-16-15(18-11-14-8-5-9-20-14)17-10-13-7-4-6-12(2)19-13;/h4-9H,3,10-11H2,1-2H3,(H2,16,17,18);1H. The van der Waals surface area contributed by atoms with Gasteiger partial charge in [-0.25, -0.2) is 4.99 Å². The van der Waals surface area contributed by atoms with Gasteiger partial charge in [0, 0.05) is 17.1 Å². The highest BCUT2D eigenvalue weighted by molar-refractivity contribution is 14.0. The fraction of sp³-hybridized carbons (Fsp3) is 0.333. The van der Waals surface area contributed by atoms with Crippen LogP contribution in [0.3, 0.4) is 0 Å². The minimum atomic E-state index is 0. The molecule has 0 bridgehead atoms. The molecule has 114 valence electrons. The van der Waals surface area contributed by atoms with E-state index >= 15 is 0 Å². The van der Waals surface area contributed by atoms with Crippen molar-refractivity contribution in [2.45, 2.75) is 26.9 Å². The molecular formula is C15H21IN4S. The molecular weight excluding hydrogens is 395 g/mol. The van der Waals surface area contributed by atoms with Gasteiger partial charge in [-0.15, -0.1) is 35.3 Å². The maximum absolute atomic E-state index is 4.56. The molecule has 0 aliphatic carbocycles. The number of aromatic nitrogens is 1. The second-order valence-corrected chi connectivity index (χ2v) is 5.43. The molecule has 0 unspecified atom stereocenters. The molecule has 0 aliphatic heterocycles. The molecule has 6 heteroatoms. The van der Waals surface area contributed by atoms with Crippen molar-refractivity contribution >= 4 is 41.3 Å². The van der Waals surface area contributed by atoms with E-state index < -0.39 is 0 Å². The van der Waals surface area contributed by atoms with Crippen LogP contribution in [0.1, 0.15) is 23.2 Å². The van der Waals surface area contributed by atoms with Crippen LogP contribution in [-0.4, -0.2) is 17.5 Å². The Balaban J connectivity index is 0.00000220. The molecule has 0 atom stereocenters. The average Bonchev–Trinajstić information content (AvgIpc) is 2.95. The molecule has 21 heavy (non-hydrogen) atoms. The van der Waals surface area contributed by atoms with Gasteiger partial charge in [0.1, 0.15) is 0 Å². The Bertz CT molecular complexity index is 555. The minimum Gasteiger partial charge on any atom is -0.357 e. The van der Waals surface area contributed by atoms with Gasteiger partial charge in [-0.2, -0.15) is 0 Å². The zero-order valence-corrected chi connectivity index (χ0v) is 15.4. The molecule has 2 aromatic rings. The molecule has 2 aromatic heterocycles. The van der Waals surface area contributed by atoms with E-state index in [9.17, 15) is 0 Å². The lowest BCUT2D eigenvalue weighted by molar-refractivity contribution is 0.818. The number of aryl methyl sites for hydroxylation is 1. The Labute approximate surface area is 147 Å². The lowest BCUT2D eigenvalue weighted by atomic mass is 10.3. The third-order valence-corrected chi connectivity index (χ3v) is 3.58. The fourth-order valence-corrected chi connectivity index (χ4v) is 2.42. The molecule has 4 nitrogen and oxygen atoms in total. The van der Waals surface area contributed by atoms with Crippen LogP contribution in [0.25, 0.3) is 0 Å². The SMILES string of the molecule is CCNC(=NCc1cccc(C)n1)NCc1cccs1.I. The molecule has 0 radical (unpaired) electrons. The van der Waals surface area contributed by atoms with Gasteiger partial charge < -0.3 is 10.6 Å². The second-order valence-electron chi connectivity index (χ2n) is 4.40. The van der Waals surface area contributed by atoms with E-state index in [1.807, 2.05) is 25.1 Å². The van der Waals surface area contributed by atoms with Crippen LogP contribution in [0.4, 0.5) is 0 Å². The van der Waals surface area contributed by atoms with Crippen molar-refractivity contribution in [1.29, 1.82) is 0 Å². The number of hydrogen-bond donors (Lipinski definition) is 2. The Kier molecular flexibility index (Phi) is 8.29. The molecule has 0 spiro atoms. The van der Waals surface area contributed by atoms with Crippen molar-refractivity contribution in [3.63, 3.8) is 0 Å². The van der Waals surface area contributed by atoms with Gasteiger partial charge in [0.2, 0.25) is 0 Å². The summed E-state index contributed by atoms with van der Waals surface area (Å²) in [6.45, 7) is 6.28. The van der Waals surface area contributed by atoms with Crippen molar-refractivity contribution in [1.82, 2.24) is 15.6 Å². The van der Waals surface area contributed by atoms with Gasteiger partial charge in [0.25, 0.3) is 0 Å². The molecule has 0 fully saturated rings. The van der Waals surface area contributed by atoms with Crippen LogP contribution in [0, 0.1) is 6.92 Å². The smallest absolute Gasteiger partial charge is 0.191 e. The van der Waals surface area contributed by atoms with Crippen molar-refractivity contribution < 1.29 is 0 Å². The number of nitrogens with one attached hydrogen (secondary N) is 2. The minimum absolute atomic E-state index is 0. The van der Waals surface area contributed by atoms with E-state index in [4.69, 9.17) is 0 Å². The maximum atomic E-state index is 4.56. The molecule has 0 aliphatic rings. The van der Waals surface area contributed by atoms with Crippen LogP contribution in [-0.2, 0) is 13.1 Å². The number of hydrogen-bond acceptors (Lipinski definition) is 3. The summed E-state index contributed by atoms with van der Waals surface area (Å²) < 4.78 is 0. The summed E-state index contributed by atoms with van der Waals surface area (Å²) in [5.41, 5.74) is 2.01. The van der Waals surface area contributed by atoms with Gasteiger partial charge in [-0.1, -0.05) is 12.1 Å². The van der Waals surface area contributed by atoms with Crippen LogP contribution in [0.5, 0.6) is 0 Å². The van der Waals surface area contributed by atoms with Crippen LogP contribution in [0.2, 0.25) is 0 Å². The van der Waals surface area contributed by atoms with Crippen molar-refractivity contribution in [2.75, 3.05) is 6.54 Å². The van der Waals surface area contributed by atoms with Crippen molar-refractivity contribution in [3.05, 3.63) is 52.0 Å². The van der Waals surface area contributed by atoms with Gasteiger partial charge in [0.15, 0.2) is 5.96 Å². The lowest BCUT2D eigenvalue weighted by Gasteiger charge is -2.10. The lowest BCUT2D eigenvalue weighted by Crippen LogP contribution is -2.36. The highest BCUT2D eigenvalue weighted by Crippen LogP contribution is 2.07. The highest BCUT2D eigenvalue weighted by atomic mass is 127. The Morgan fingerprint density at radius 2 is 2.10 bits per heavy atom. The quantitative estimate of drug-likeness (QED) is 0.447. The topological polar surface area (TPSA) is 49.3 Å². The molecule has 0 saturated carbocycles. The predicted molar refractivity (Wildman–Crippen MR) is 100 cm³/mol. The number of halogens is 1. The molecule has 2 N–H and O–H groups in total. The highest BCUT2D eigenvalue weighted by Gasteiger charge is 1.99. The van der Waals surface area contributed by atoms with Crippen LogP contribution < -0.4 is 10.6 Å². The Hall–Kier alpha value is -1.15. The first-order valence-corrected chi connectivity index (χ1v) is 7.63. The largest absolute Gasteiger partial charge is 0.357 e.